The number of hydrogen-bond acceptors (Lipinski definition) is 6. The third kappa shape index (κ3) is 6.51. The molecule has 1 amide bonds. The van der Waals surface area contributed by atoms with Gasteiger partial charge in [0.05, 0.1) is 26.0 Å². The lowest BCUT2D eigenvalue weighted by Crippen LogP contribution is -2.57. The summed E-state index contributed by atoms with van der Waals surface area (Å²) in [4.78, 5) is 32.0. The molecule has 2 heterocycles. The molecule has 2 aromatic rings. The Bertz CT molecular complexity index is 1400. The number of amides is 1. The molecule has 40 heavy (non-hydrogen) atoms. The third-order valence-corrected chi connectivity index (χ3v) is 11.8. The van der Waals surface area contributed by atoms with Gasteiger partial charge in [-0.15, -0.1) is 11.3 Å². The minimum atomic E-state index is -3.92. The van der Waals surface area contributed by atoms with Gasteiger partial charge in [0.2, 0.25) is 10.0 Å². The average molecular weight is 631 g/mol. The number of aliphatic carboxylic acids is 1. The molecule has 2 fully saturated rings. The molecular formula is C28H37Cl2N3O5S2. The number of rotatable bonds is 8. The minimum Gasteiger partial charge on any atom is -0.481 e. The second-order valence-corrected chi connectivity index (χ2v) is 15.9. The summed E-state index contributed by atoms with van der Waals surface area (Å²) in [5.41, 5.74) is -0.337. The fourth-order valence-electron chi connectivity index (χ4n) is 5.24. The van der Waals surface area contributed by atoms with Gasteiger partial charge in [-0.2, -0.15) is 0 Å². The number of carbonyl (C=O) groups is 2. The van der Waals surface area contributed by atoms with Crippen LogP contribution in [0.25, 0.3) is 10.4 Å². The van der Waals surface area contributed by atoms with Gasteiger partial charge >= 0.3 is 5.97 Å². The molecule has 1 aliphatic carbocycles. The van der Waals surface area contributed by atoms with Crippen molar-refractivity contribution in [2.24, 2.45) is 17.3 Å². The summed E-state index contributed by atoms with van der Waals surface area (Å²) in [7, 11) is -3.92. The standard InChI is InChI=1S/C28H37Cl2N3O5S2/c1-27(2,3)32-40(37,38)20-12-11-18(21(29)22(20)30)23-19(13-16-9-7-6-8-10-16)31-24(39-23)25(34)33-14-17(15-33)28(4,5)26(35)36/h11-12,16-17,32H,6-10,13-15H2,1-5H3,(H,35,36). The molecule has 2 aliphatic rings. The van der Waals surface area contributed by atoms with Crippen molar-refractivity contribution in [2.45, 2.75) is 83.6 Å². The molecular weight excluding hydrogens is 593 g/mol. The Kier molecular flexibility index (Phi) is 8.99. The third-order valence-electron chi connectivity index (χ3n) is 7.85. The lowest BCUT2D eigenvalue weighted by atomic mass is 9.74. The number of nitrogens with zero attached hydrogens (tertiary/aromatic N) is 2. The van der Waals surface area contributed by atoms with E-state index in [0.29, 0.717) is 40.9 Å². The maximum Gasteiger partial charge on any atom is 0.309 e. The molecule has 1 saturated heterocycles. The first kappa shape index (κ1) is 31.2. The van der Waals surface area contributed by atoms with Crippen molar-refractivity contribution in [3.8, 4) is 10.4 Å². The summed E-state index contributed by atoms with van der Waals surface area (Å²) >= 11 is 14.5. The van der Waals surface area contributed by atoms with Gasteiger partial charge < -0.3 is 10.0 Å². The molecule has 8 nitrogen and oxygen atoms in total. The molecule has 0 spiro atoms. The van der Waals surface area contributed by atoms with E-state index in [0.717, 1.165) is 31.4 Å². The Balaban J connectivity index is 1.68. The van der Waals surface area contributed by atoms with E-state index in [2.05, 4.69) is 4.72 Å². The van der Waals surface area contributed by atoms with Crippen LogP contribution >= 0.6 is 34.5 Å². The van der Waals surface area contributed by atoms with Gasteiger partial charge in [0.25, 0.3) is 5.91 Å². The van der Waals surface area contributed by atoms with Gasteiger partial charge in [0, 0.05) is 30.1 Å². The quantitative estimate of drug-likeness (QED) is 0.344. The molecule has 0 unspecified atom stereocenters. The Labute approximate surface area is 250 Å². The molecule has 4 rings (SSSR count). The predicted molar refractivity (Wildman–Crippen MR) is 159 cm³/mol. The topological polar surface area (TPSA) is 117 Å². The maximum atomic E-state index is 13.4. The second kappa shape index (κ2) is 11.5. The molecule has 0 bridgehead atoms. The molecule has 1 saturated carbocycles. The van der Waals surface area contributed by atoms with E-state index in [9.17, 15) is 23.1 Å². The minimum absolute atomic E-state index is 0.0812. The summed E-state index contributed by atoms with van der Waals surface area (Å²) in [6.45, 7) is 9.28. The van der Waals surface area contributed by atoms with Crippen molar-refractivity contribution in [3.05, 3.63) is 32.9 Å². The number of likely N-dealkylation sites (tertiary alicyclic amines) is 1. The number of hydrogen-bond donors (Lipinski definition) is 2. The number of benzene rings is 1. The Morgan fingerprint density at radius 2 is 1.70 bits per heavy atom. The van der Waals surface area contributed by atoms with Crippen LogP contribution in [0.5, 0.6) is 0 Å². The zero-order chi connectivity index (χ0) is 29.6. The average Bonchev–Trinajstić information content (AvgIpc) is 3.22. The number of nitrogens with one attached hydrogen (secondary N) is 1. The highest BCUT2D eigenvalue weighted by Gasteiger charge is 2.46. The van der Waals surface area contributed by atoms with Crippen molar-refractivity contribution < 1.29 is 23.1 Å². The summed E-state index contributed by atoms with van der Waals surface area (Å²) < 4.78 is 28.6. The first-order valence-corrected chi connectivity index (χ1v) is 16.6. The number of carboxylic acid groups (broad SMARTS) is 1. The molecule has 1 aromatic heterocycles. The van der Waals surface area contributed by atoms with Crippen molar-refractivity contribution in [1.82, 2.24) is 14.6 Å². The van der Waals surface area contributed by atoms with E-state index in [4.69, 9.17) is 28.2 Å². The van der Waals surface area contributed by atoms with Gasteiger partial charge in [-0.3, -0.25) is 9.59 Å². The highest BCUT2D eigenvalue weighted by molar-refractivity contribution is 7.89. The highest BCUT2D eigenvalue weighted by atomic mass is 35.5. The van der Waals surface area contributed by atoms with E-state index in [1.807, 2.05) is 0 Å². The van der Waals surface area contributed by atoms with Crippen LogP contribution in [0.2, 0.25) is 10.0 Å². The van der Waals surface area contributed by atoms with Crippen LogP contribution in [0.1, 0.15) is 82.2 Å². The van der Waals surface area contributed by atoms with Crippen LogP contribution in [0.4, 0.5) is 0 Å². The zero-order valence-corrected chi connectivity index (χ0v) is 26.7. The van der Waals surface area contributed by atoms with Gasteiger partial charge in [-0.25, -0.2) is 18.1 Å². The SMILES string of the molecule is CC(C)(C)NS(=O)(=O)c1ccc(-c2sc(C(=O)N3CC(C(C)(C)C(=O)O)C3)nc2CC2CCCCC2)c(Cl)c1Cl. The van der Waals surface area contributed by atoms with Crippen LogP contribution in [0.3, 0.4) is 0 Å². The van der Waals surface area contributed by atoms with Gasteiger partial charge in [0.1, 0.15) is 4.90 Å². The van der Waals surface area contributed by atoms with E-state index >= 15 is 0 Å². The summed E-state index contributed by atoms with van der Waals surface area (Å²) in [6, 6.07) is 3.07. The highest BCUT2D eigenvalue weighted by Crippen LogP contribution is 2.43. The molecule has 220 valence electrons. The first-order valence-electron chi connectivity index (χ1n) is 13.6. The van der Waals surface area contributed by atoms with E-state index in [1.54, 1.807) is 45.6 Å². The molecule has 1 aromatic carbocycles. The number of carboxylic acids is 1. The number of sulfonamides is 1. The van der Waals surface area contributed by atoms with Gasteiger partial charge in [-0.05, 0) is 53.0 Å². The predicted octanol–water partition coefficient (Wildman–Crippen LogP) is 6.50. The smallest absolute Gasteiger partial charge is 0.309 e. The van der Waals surface area contributed by atoms with Crippen molar-refractivity contribution in [3.63, 3.8) is 0 Å². The van der Waals surface area contributed by atoms with Crippen LogP contribution in [0.15, 0.2) is 17.0 Å². The van der Waals surface area contributed by atoms with Crippen molar-refractivity contribution in [1.29, 1.82) is 0 Å². The Morgan fingerprint density at radius 3 is 2.27 bits per heavy atom. The van der Waals surface area contributed by atoms with Crippen molar-refractivity contribution in [2.75, 3.05) is 13.1 Å². The maximum absolute atomic E-state index is 13.4. The number of thiazole rings is 1. The Hall–Kier alpha value is -1.72. The first-order chi connectivity index (χ1) is 18.5. The van der Waals surface area contributed by atoms with Gasteiger partial charge in [-0.1, -0.05) is 61.4 Å². The molecule has 12 heteroatoms. The van der Waals surface area contributed by atoms with Crippen molar-refractivity contribution >= 4 is 56.4 Å². The van der Waals surface area contributed by atoms with E-state index < -0.39 is 26.9 Å². The molecule has 2 N–H and O–H groups in total. The lowest BCUT2D eigenvalue weighted by Gasteiger charge is -2.45. The number of aromatic nitrogens is 1. The monoisotopic (exact) mass is 629 g/mol. The molecule has 0 atom stereocenters. The largest absolute Gasteiger partial charge is 0.481 e. The Morgan fingerprint density at radius 1 is 1.07 bits per heavy atom. The second-order valence-electron chi connectivity index (χ2n) is 12.5. The van der Waals surface area contributed by atoms with E-state index in [-0.39, 0.29) is 26.8 Å². The fourth-order valence-corrected chi connectivity index (χ4v) is 8.67. The molecule has 1 aliphatic heterocycles. The number of carbonyl (C=O) groups excluding carboxylic acids is 1. The van der Waals surface area contributed by atoms with Crippen LogP contribution in [0, 0.1) is 17.3 Å². The summed E-state index contributed by atoms with van der Waals surface area (Å²) in [6.07, 6.45) is 6.39. The zero-order valence-electron chi connectivity index (χ0n) is 23.5. The van der Waals surface area contributed by atoms with Crippen LogP contribution in [-0.2, 0) is 21.2 Å². The van der Waals surface area contributed by atoms with Gasteiger partial charge in [0.15, 0.2) is 5.01 Å². The summed E-state index contributed by atoms with van der Waals surface area (Å²) in [5.74, 6) is -0.827. The summed E-state index contributed by atoms with van der Waals surface area (Å²) in [5, 5.41) is 9.86. The fraction of sp³-hybridized carbons (Fsp3) is 0.607. The lowest BCUT2D eigenvalue weighted by molar-refractivity contribution is -0.153. The van der Waals surface area contributed by atoms with Crippen LogP contribution in [-0.4, -0.2) is 53.9 Å². The molecule has 0 radical (unpaired) electrons. The van der Waals surface area contributed by atoms with Crippen LogP contribution < -0.4 is 4.72 Å². The number of halogens is 2. The normalized spacial score (nSPS) is 17.6. The van der Waals surface area contributed by atoms with E-state index in [1.165, 1.54) is 23.8 Å².